The van der Waals surface area contributed by atoms with Crippen molar-refractivity contribution in [3.63, 3.8) is 0 Å². The molecule has 0 fully saturated rings. The van der Waals surface area contributed by atoms with Crippen LogP contribution in [0.5, 0.6) is 0 Å². The number of thioether (sulfide) groups is 1. The van der Waals surface area contributed by atoms with Crippen molar-refractivity contribution in [1.82, 2.24) is 9.55 Å². The van der Waals surface area contributed by atoms with Crippen molar-refractivity contribution < 1.29 is 9.53 Å². The van der Waals surface area contributed by atoms with Crippen LogP contribution in [-0.2, 0) is 16.1 Å². The minimum atomic E-state index is -0.498. The number of benzene rings is 1. The first-order chi connectivity index (χ1) is 11.8. The Kier molecular flexibility index (Phi) is 6.87. The van der Waals surface area contributed by atoms with Gasteiger partial charge in [-0.25, -0.2) is 4.98 Å². The molecule has 8 heteroatoms. The van der Waals surface area contributed by atoms with Crippen LogP contribution in [0.4, 0.5) is 0 Å². The number of nitrogens with zero attached hydrogens (tertiary/aromatic N) is 2. The summed E-state index contributed by atoms with van der Waals surface area (Å²) in [5.74, 6) is -0.458. The van der Waals surface area contributed by atoms with Gasteiger partial charge in [0.15, 0.2) is 5.16 Å². The second-order valence-electron chi connectivity index (χ2n) is 5.95. The number of hydrogen-bond donors (Lipinski definition) is 1. The van der Waals surface area contributed by atoms with Gasteiger partial charge in [0, 0.05) is 18.2 Å². The number of carbonyl (C=O) groups is 1. The van der Waals surface area contributed by atoms with E-state index in [0.29, 0.717) is 40.7 Å². The zero-order valence-corrected chi connectivity index (χ0v) is 16.1. The Hall–Kier alpha value is -1.57. The molecule has 0 saturated heterocycles. The molecule has 0 aliphatic carbocycles. The topological polar surface area (TPSA) is 87.2 Å². The lowest BCUT2D eigenvalue weighted by atomic mass is 10.2. The highest BCUT2D eigenvalue weighted by Crippen LogP contribution is 2.23. The van der Waals surface area contributed by atoms with Crippen molar-refractivity contribution in [3.8, 4) is 0 Å². The highest BCUT2D eigenvalue weighted by Gasteiger charge is 2.17. The Labute approximate surface area is 155 Å². The van der Waals surface area contributed by atoms with E-state index in [4.69, 9.17) is 22.1 Å². The lowest BCUT2D eigenvalue weighted by molar-refractivity contribution is -0.117. The smallest absolute Gasteiger partial charge is 0.262 e. The van der Waals surface area contributed by atoms with E-state index in [0.717, 1.165) is 0 Å². The number of fused-ring (bicyclic) bond motifs is 1. The van der Waals surface area contributed by atoms with Gasteiger partial charge in [0.1, 0.15) is 0 Å². The summed E-state index contributed by atoms with van der Waals surface area (Å²) in [6.45, 7) is 6.60. The average molecular weight is 384 g/mol. The van der Waals surface area contributed by atoms with Crippen LogP contribution in [0.1, 0.15) is 27.2 Å². The third-order valence-corrected chi connectivity index (χ3v) is 4.89. The molecule has 0 radical (unpaired) electrons. The summed E-state index contributed by atoms with van der Waals surface area (Å²) in [7, 11) is 0. The van der Waals surface area contributed by atoms with Crippen LogP contribution < -0.4 is 11.3 Å². The third-order valence-electron chi connectivity index (χ3n) is 3.54. The monoisotopic (exact) mass is 383 g/mol. The van der Waals surface area contributed by atoms with E-state index in [1.165, 1.54) is 11.8 Å². The van der Waals surface area contributed by atoms with Crippen LogP contribution >= 0.6 is 23.4 Å². The summed E-state index contributed by atoms with van der Waals surface area (Å²) in [6, 6.07) is 4.97. The zero-order chi connectivity index (χ0) is 18.6. The Morgan fingerprint density at radius 2 is 2.12 bits per heavy atom. The fourth-order valence-electron chi connectivity index (χ4n) is 2.22. The highest BCUT2D eigenvalue weighted by atomic mass is 35.5. The summed E-state index contributed by atoms with van der Waals surface area (Å²) in [4.78, 5) is 28.8. The van der Waals surface area contributed by atoms with Crippen LogP contribution in [0.15, 0.2) is 28.2 Å². The van der Waals surface area contributed by atoms with Crippen LogP contribution in [0.3, 0.4) is 0 Å². The van der Waals surface area contributed by atoms with Gasteiger partial charge in [-0.3, -0.25) is 14.2 Å². The molecule has 0 aliphatic heterocycles. The van der Waals surface area contributed by atoms with Gasteiger partial charge in [0.2, 0.25) is 5.91 Å². The fourth-order valence-corrected chi connectivity index (χ4v) is 3.27. The second-order valence-corrected chi connectivity index (χ2v) is 7.69. The first-order valence-corrected chi connectivity index (χ1v) is 9.33. The number of halogens is 1. The maximum Gasteiger partial charge on any atom is 0.262 e. The van der Waals surface area contributed by atoms with E-state index >= 15 is 0 Å². The van der Waals surface area contributed by atoms with E-state index in [-0.39, 0.29) is 11.7 Å². The number of nitrogens with two attached hydrogens (primary N) is 1. The zero-order valence-electron chi connectivity index (χ0n) is 14.5. The molecule has 0 unspecified atom stereocenters. The second kappa shape index (κ2) is 8.69. The van der Waals surface area contributed by atoms with Crippen LogP contribution in [0, 0.1) is 0 Å². The summed E-state index contributed by atoms with van der Waals surface area (Å²) < 4.78 is 7.11. The van der Waals surface area contributed by atoms with Crippen molar-refractivity contribution in [2.24, 2.45) is 5.73 Å². The molecule has 0 saturated carbocycles. The van der Waals surface area contributed by atoms with Crippen molar-refractivity contribution in [2.75, 3.05) is 6.61 Å². The number of amides is 1. The van der Waals surface area contributed by atoms with Gasteiger partial charge in [-0.1, -0.05) is 23.4 Å². The summed E-state index contributed by atoms with van der Waals surface area (Å²) in [5, 5.41) is 0.948. The molecule has 0 bridgehead atoms. The Bertz CT molecular complexity index is 823. The van der Waals surface area contributed by atoms with Gasteiger partial charge < -0.3 is 10.5 Å². The fraction of sp³-hybridized carbons (Fsp3) is 0.471. The van der Waals surface area contributed by atoms with Crippen LogP contribution in [-0.4, -0.2) is 33.4 Å². The van der Waals surface area contributed by atoms with Gasteiger partial charge in [-0.05, 0) is 45.4 Å². The first-order valence-electron chi connectivity index (χ1n) is 8.07. The number of hydrogen-bond acceptors (Lipinski definition) is 5. The van der Waals surface area contributed by atoms with Crippen molar-refractivity contribution >= 4 is 40.2 Å². The van der Waals surface area contributed by atoms with E-state index in [9.17, 15) is 9.59 Å². The third kappa shape index (κ3) is 5.20. The molecule has 2 aromatic rings. The molecule has 1 aromatic heterocycles. The predicted molar refractivity (Wildman–Crippen MR) is 101 cm³/mol. The number of carbonyl (C=O) groups excluding carboxylic acids is 1. The maximum absolute atomic E-state index is 12.8. The average Bonchev–Trinajstić information content (AvgIpc) is 2.53. The van der Waals surface area contributed by atoms with Crippen LogP contribution in [0.2, 0.25) is 5.02 Å². The Balaban J connectivity index is 2.40. The quantitative estimate of drug-likeness (QED) is 0.430. The van der Waals surface area contributed by atoms with Crippen molar-refractivity contribution in [3.05, 3.63) is 33.6 Å². The lowest BCUT2D eigenvalue weighted by Gasteiger charge is -2.15. The van der Waals surface area contributed by atoms with Gasteiger partial charge >= 0.3 is 0 Å². The maximum atomic E-state index is 12.8. The molecule has 1 heterocycles. The van der Waals surface area contributed by atoms with Gasteiger partial charge in [0.25, 0.3) is 5.56 Å². The van der Waals surface area contributed by atoms with Gasteiger partial charge in [-0.2, -0.15) is 0 Å². The summed E-state index contributed by atoms with van der Waals surface area (Å²) in [6.07, 6.45) is 0.800. The molecule has 6 nitrogen and oxygen atoms in total. The van der Waals surface area contributed by atoms with Gasteiger partial charge in [0.05, 0.1) is 22.3 Å². The standard InChI is InChI=1S/C17H22ClN3O3S/c1-10(2)24-8-4-7-21-16(23)13-6-5-12(18)9-14(13)20-17(21)25-11(3)15(19)22/h5-6,9-11H,4,7-8H2,1-3H3,(H2,19,22)/t11-/m0/s1. The molecule has 2 rings (SSSR count). The number of primary amides is 1. The molecular formula is C17H22ClN3O3S. The van der Waals surface area contributed by atoms with Crippen molar-refractivity contribution in [1.29, 1.82) is 0 Å². The van der Waals surface area contributed by atoms with Gasteiger partial charge in [-0.15, -0.1) is 0 Å². The van der Waals surface area contributed by atoms with Crippen LogP contribution in [0.25, 0.3) is 10.9 Å². The molecule has 1 amide bonds. The molecule has 0 spiro atoms. The van der Waals surface area contributed by atoms with E-state index in [2.05, 4.69) is 4.98 Å². The molecule has 2 N–H and O–H groups in total. The molecule has 25 heavy (non-hydrogen) atoms. The largest absolute Gasteiger partial charge is 0.379 e. The number of aromatic nitrogens is 2. The number of ether oxygens (including phenoxy) is 1. The minimum absolute atomic E-state index is 0.136. The number of rotatable bonds is 8. The molecule has 1 atom stereocenters. The molecular weight excluding hydrogens is 362 g/mol. The van der Waals surface area contributed by atoms with E-state index in [1.807, 2.05) is 13.8 Å². The summed E-state index contributed by atoms with van der Waals surface area (Å²) >= 11 is 7.18. The molecule has 136 valence electrons. The first kappa shape index (κ1) is 19.8. The SMILES string of the molecule is CC(C)OCCCn1c(S[C@@H](C)C(N)=O)nc2cc(Cl)ccc2c1=O. The Morgan fingerprint density at radius 1 is 1.40 bits per heavy atom. The molecule has 1 aromatic carbocycles. The predicted octanol–water partition coefficient (Wildman–Crippen LogP) is 2.83. The van der Waals surface area contributed by atoms with E-state index < -0.39 is 11.2 Å². The normalized spacial score (nSPS) is 12.7. The lowest BCUT2D eigenvalue weighted by Crippen LogP contribution is -2.27. The van der Waals surface area contributed by atoms with Crippen molar-refractivity contribution in [2.45, 2.75) is 50.2 Å². The van der Waals surface area contributed by atoms with E-state index in [1.54, 1.807) is 29.7 Å². The highest BCUT2D eigenvalue weighted by molar-refractivity contribution is 8.00. The summed E-state index contributed by atoms with van der Waals surface area (Å²) in [5.41, 5.74) is 5.69. The molecule has 0 aliphatic rings. The Morgan fingerprint density at radius 3 is 2.76 bits per heavy atom. The minimum Gasteiger partial charge on any atom is -0.379 e.